The Morgan fingerprint density at radius 3 is 2.37 bits per heavy atom. The maximum absolute atomic E-state index is 13.0. The Morgan fingerprint density at radius 2 is 1.68 bits per heavy atom. The molecule has 2 heterocycles. The second-order valence-corrected chi connectivity index (χ2v) is 11.5. The number of sulfone groups is 1. The van der Waals surface area contributed by atoms with Gasteiger partial charge in [-0.2, -0.15) is 0 Å². The van der Waals surface area contributed by atoms with Gasteiger partial charge in [0, 0.05) is 12.7 Å². The average molecular weight is 542 g/mol. The first-order valence-electron chi connectivity index (χ1n) is 11.4. The van der Waals surface area contributed by atoms with Crippen LogP contribution in [0.15, 0.2) is 94.7 Å². The highest BCUT2D eigenvalue weighted by Gasteiger charge is 2.23. The molecule has 1 N–H and O–H groups in total. The van der Waals surface area contributed by atoms with Gasteiger partial charge in [0.25, 0.3) is 0 Å². The van der Waals surface area contributed by atoms with Crippen molar-refractivity contribution in [2.24, 2.45) is 0 Å². The normalized spacial score (nSPS) is 11.3. The lowest BCUT2D eigenvalue weighted by atomic mass is 9.99. The van der Waals surface area contributed by atoms with Crippen molar-refractivity contribution in [3.8, 4) is 11.1 Å². The Kier molecular flexibility index (Phi) is 6.63. The fourth-order valence-electron chi connectivity index (χ4n) is 4.14. The summed E-state index contributed by atoms with van der Waals surface area (Å²) < 4.78 is 27.7. The van der Waals surface area contributed by atoms with Gasteiger partial charge in [-0.05, 0) is 16.7 Å². The first kappa shape index (κ1) is 25.1. The van der Waals surface area contributed by atoms with E-state index in [4.69, 9.17) is 6.57 Å². The zero-order valence-corrected chi connectivity index (χ0v) is 21.4. The van der Waals surface area contributed by atoms with E-state index >= 15 is 0 Å². The number of nitrogens with zero attached hydrogens (tertiary/aromatic N) is 3. The van der Waals surface area contributed by atoms with Crippen molar-refractivity contribution in [3.05, 3.63) is 123 Å². The van der Waals surface area contributed by atoms with Gasteiger partial charge in [-0.1, -0.05) is 90.2 Å². The third kappa shape index (κ3) is 4.85. The molecule has 0 aliphatic heterocycles. The van der Waals surface area contributed by atoms with E-state index in [1.807, 2.05) is 54.6 Å². The van der Waals surface area contributed by atoms with Crippen LogP contribution in [0.5, 0.6) is 0 Å². The molecule has 5 rings (SSSR count). The van der Waals surface area contributed by atoms with Crippen molar-refractivity contribution in [2.45, 2.75) is 17.2 Å². The zero-order chi connectivity index (χ0) is 26.9. The van der Waals surface area contributed by atoms with E-state index in [-0.39, 0.29) is 22.0 Å². The Morgan fingerprint density at radius 1 is 1.00 bits per heavy atom. The van der Waals surface area contributed by atoms with Gasteiger partial charge in [0.1, 0.15) is 26.7 Å². The van der Waals surface area contributed by atoms with E-state index in [1.54, 1.807) is 4.57 Å². The topological polar surface area (TPSA) is 111 Å². The Hall–Kier alpha value is -4.59. The summed E-state index contributed by atoms with van der Waals surface area (Å²) in [4.78, 5) is 32.8. The van der Waals surface area contributed by atoms with Crippen LogP contribution in [0.3, 0.4) is 0 Å². The number of rotatable bonds is 7. The molecule has 38 heavy (non-hydrogen) atoms. The number of fused-ring (bicyclic) bond motifs is 1. The maximum atomic E-state index is 13.0. The van der Waals surface area contributed by atoms with Gasteiger partial charge in [-0.3, -0.25) is 4.79 Å². The lowest BCUT2D eigenvalue weighted by Gasteiger charge is -2.13. The molecule has 188 valence electrons. The molecule has 0 unspecified atom stereocenters. The van der Waals surface area contributed by atoms with Crippen LogP contribution >= 0.6 is 11.3 Å². The van der Waals surface area contributed by atoms with Crippen LogP contribution in [0, 0.1) is 6.57 Å². The largest absolute Gasteiger partial charge is 0.477 e. The van der Waals surface area contributed by atoms with Gasteiger partial charge >= 0.3 is 5.97 Å². The Bertz CT molecular complexity index is 1890. The van der Waals surface area contributed by atoms with Gasteiger partial charge in [0.15, 0.2) is 15.5 Å². The van der Waals surface area contributed by atoms with Crippen molar-refractivity contribution in [2.75, 3.05) is 0 Å². The first-order valence-corrected chi connectivity index (χ1v) is 13.8. The summed E-state index contributed by atoms with van der Waals surface area (Å²) in [5, 5.41) is 9.84. The lowest BCUT2D eigenvalue weighted by molar-refractivity contribution is 0.0694. The molecular weight excluding hydrogens is 522 g/mol. The number of hydrogen-bond donors (Lipinski definition) is 1. The van der Waals surface area contributed by atoms with Crippen LogP contribution in [-0.4, -0.2) is 29.0 Å². The van der Waals surface area contributed by atoms with Crippen LogP contribution in [0.4, 0.5) is 5.69 Å². The Balaban J connectivity index is 1.60. The minimum absolute atomic E-state index is 0.0300. The molecular formula is C28H19N3O5S2. The highest BCUT2D eigenvalue weighted by atomic mass is 32.2. The van der Waals surface area contributed by atoms with E-state index in [2.05, 4.69) is 9.83 Å². The molecule has 0 radical (unpaired) electrons. The number of aromatic nitrogens is 2. The van der Waals surface area contributed by atoms with E-state index in [1.165, 1.54) is 30.5 Å². The second kappa shape index (κ2) is 10.0. The number of benzene rings is 3. The van der Waals surface area contributed by atoms with Gasteiger partial charge in [-0.25, -0.2) is 23.0 Å². The zero-order valence-electron chi connectivity index (χ0n) is 19.7. The minimum Gasteiger partial charge on any atom is -0.477 e. The molecule has 8 nitrogen and oxygen atoms in total. The van der Waals surface area contributed by atoms with Crippen LogP contribution in [0.1, 0.15) is 20.9 Å². The summed E-state index contributed by atoms with van der Waals surface area (Å²) in [5.41, 5.74) is 1.86. The highest BCUT2D eigenvalue weighted by molar-refractivity contribution is 7.90. The SMILES string of the molecule is [C-]#[N+]c1ccc(S(=O)(=O)Cc2nc3c(=O)c(C(=O)O)cn(Cc4ccccc4-c4ccccc4)c3s2)cc1. The smallest absolute Gasteiger partial charge is 0.341 e. The summed E-state index contributed by atoms with van der Waals surface area (Å²) in [5.74, 6) is -1.85. The first-order chi connectivity index (χ1) is 18.3. The van der Waals surface area contributed by atoms with E-state index in [0.717, 1.165) is 28.0 Å². The van der Waals surface area contributed by atoms with Crippen molar-refractivity contribution >= 4 is 43.2 Å². The molecule has 0 aliphatic rings. The van der Waals surface area contributed by atoms with Crippen molar-refractivity contribution in [1.29, 1.82) is 0 Å². The molecule has 0 atom stereocenters. The number of pyridine rings is 1. The van der Waals surface area contributed by atoms with Crippen LogP contribution in [0.25, 0.3) is 26.3 Å². The number of thiazole rings is 1. The average Bonchev–Trinajstić information content (AvgIpc) is 3.34. The number of hydrogen-bond acceptors (Lipinski definition) is 6. The summed E-state index contributed by atoms with van der Waals surface area (Å²) >= 11 is 1.04. The van der Waals surface area contributed by atoms with Gasteiger partial charge in [-0.15, -0.1) is 0 Å². The predicted octanol–water partition coefficient (Wildman–Crippen LogP) is 5.40. The Labute approximate surface area is 221 Å². The van der Waals surface area contributed by atoms with Crippen molar-refractivity contribution < 1.29 is 18.3 Å². The molecule has 3 aromatic carbocycles. The van der Waals surface area contributed by atoms with E-state index in [0.29, 0.717) is 10.5 Å². The highest BCUT2D eigenvalue weighted by Crippen LogP contribution is 2.29. The quantitative estimate of drug-likeness (QED) is 0.276. The maximum Gasteiger partial charge on any atom is 0.341 e. The fraction of sp³-hybridized carbons (Fsp3) is 0.0714. The second-order valence-electron chi connectivity index (χ2n) is 8.45. The molecule has 0 amide bonds. The van der Waals surface area contributed by atoms with Gasteiger partial charge in [0.2, 0.25) is 5.43 Å². The molecule has 0 fully saturated rings. The number of carboxylic acid groups (broad SMARTS) is 1. The molecule has 0 bridgehead atoms. The third-order valence-electron chi connectivity index (χ3n) is 5.97. The molecule has 2 aromatic heterocycles. The molecule has 10 heteroatoms. The minimum atomic E-state index is -3.82. The predicted molar refractivity (Wildman–Crippen MR) is 145 cm³/mol. The number of carbonyl (C=O) groups is 1. The molecule has 0 aliphatic carbocycles. The van der Waals surface area contributed by atoms with Crippen LogP contribution in [-0.2, 0) is 22.1 Å². The van der Waals surface area contributed by atoms with Crippen molar-refractivity contribution in [1.82, 2.24) is 9.55 Å². The van der Waals surface area contributed by atoms with E-state index < -0.39 is 32.6 Å². The van der Waals surface area contributed by atoms with Crippen LogP contribution < -0.4 is 5.43 Å². The van der Waals surface area contributed by atoms with Crippen molar-refractivity contribution in [3.63, 3.8) is 0 Å². The standard InChI is InChI=1S/C28H19N3O5S2/c1-29-20-11-13-21(14-12-20)38(35,36)17-24-30-25-26(32)23(28(33)34)16-31(27(25)37-24)15-19-9-5-6-10-22(19)18-7-3-2-4-8-18/h2-14,16H,15,17H2,(H,33,34). The van der Waals surface area contributed by atoms with Gasteiger partial charge < -0.3 is 9.67 Å². The summed E-state index contributed by atoms with van der Waals surface area (Å²) in [6.07, 6.45) is 1.29. The van der Waals surface area contributed by atoms with E-state index in [9.17, 15) is 23.1 Å². The third-order valence-corrected chi connectivity index (χ3v) is 8.89. The molecule has 5 aromatic rings. The molecule has 0 saturated heterocycles. The monoisotopic (exact) mass is 541 g/mol. The molecule has 0 saturated carbocycles. The molecule has 0 spiro atoms. The summed E-state index contributed by atoms with van der Waals surface area (Å²) in [7, 11) is -3.82. The summed E-state index contributed by atoms with van der Waals surface area (Å²) in [6, 6.07) is 23.0. The summed E-state index contributed by atoms with van der Waals surface area (Å²) in [6.45, 7) is 7.28. The number of aromatic carboxylic acids is 1. The van der Waals surface area contributed by atoms with Crippen LogP contribution in [0.2, 0.25) is 0 Å². The lowest BCUT2D eigenvalue weighted by Crippen LogP contribution is -2.19. The number of carboxylic acids is 1. The fourth-order valence-corrected chi connectivity index (χ4v) is 6.78. The van der Waals surface area contributed by atoms with Gasteiger partial charge in [0.05, 0.1) is 11.5 Å².